The Morgan fingerprint density at radius 3 is 2.70 bits per heavy atom. The molecule has 0 spiro atoms. The van der Waals surface area contributed by atoms with Crippen LogP contribution in [0.1, 0.15) is 12.8 Å². The fraction of sp³-hybridized carbons (Fsp3) is 0.529. The van der Waals surface area contributed by atoms with Crippen LogP contribution in [0.2, 0.25) is 0 Å². The molecule has 2 fully saturated rings. The molecule has 2 aliphatic rings. The predicted molar refractivity (Wildman–Crippen MR) is 79.1 cm³/mol. The van der Waals surface area contributed by atoms with E-state index >= 15 is 0 Å². The van der Waals surface area contributed by atoms with E-state index in [4.69, 9.17) is 9.47 Å². The van der Waals surface area contributed by atoms with E-state index in [0.29, 0.717) is 18.6 Å². The van der Waals surface area contributed by atoms with Gasteiger partial charge in [0, 0.05) is 18.8 Å². The largest absolute Gasteiger partial charge is 0.487 e. The second-order valence-electron chi connectivity index (χ2n) is 6.13. The standard InChI is InChI=1S/C17H20F2O4/c18-17(19,10-22-11-4-2-1-3-5-11)7-6-12-13-8-16(21)23-15(13)9-14(12)20/h1-7,12-16,20-21H,8-10H2/t12-,13-,14-,15+,16?/m1/s1. The Labute approximate surface area is 133 Å². The van der Waals surface area contributed by atoms with Gasteiger partial charge in [0.05, 0.1) is 12.2 Å². The normalized spacial score (nSPS) is 34.0. The van der Waals surface area contributed by atoms with Crippen LogP contribution in [0.3, 0.4) is 0 Å². The molecule has 1 heterocycles. The van der Waals surface area contributed by atoms with Crippen molar-refractivity contribution < 1.29 is 28.5 Å². The molecule has 1 aromatic rings. The van der Waals surface area contributed by atoms with Gasteiger partial charge < -0.3 is 19.7 Å². The number of hydrogen-bond donors (Lipinski definition) is 2. The summed E-state index contributed by atoms with van der Waals surface area (Å²) in [6.07, 6.45) is 1.01. The number of ether oxygens (including phenoxy) is 2. The summed E-state index contributed by atoms with van der Waals surface area (Å²) in [6.45, 7) is -0.760. The number of halogens is 2. The summed E-state index contributed by atoms with van der Waals surface area (Å²) in [5.41, 5.74) is 0. The van der Waals surface area contributed by atoms with Gasteiger partial charge in [-0.2, -0.15) is 8.78 Å². The van der Waals surface area contributed by atoms with Crippen LogP contribution in [0.25, 0.3) is 0 Å². The van der Waals surface area contributed by atoms with Crippen LogP contribution in [-0.4, -0.2) is 41.2 Å². The SMILES string of the molecule is OC1C[C@@H]2[C@@H](C=CC(F)(F)COc3ccccc3)[C@H](O)C[C@@H]2O1. The van der Waals surface area contributed by atoms with Gasteiger partial charge in [0.2, 0.25) is 0 Å². The number of aliphatic hydroxyl groups is 2. The highest BCUT2D eigenvalue weighted by molar-refractivity contribution is 5.21. The number of alkyl halides is 2. The van der Waals surface area contributed by atoms with Crippen molar-refractivity contribution in [3.63, 3.8) is 0 Å². The molecule has 1 aliphatic carbocycles. The van der Waals surface area contributed by atoms with E-state index in [1.54, 1.807) is 30.3 Å². The second kappa shape index (κ2) is 6.55. The summed E-state index contributed by atoms with van der Waals surface area (Å²) in [5.74, 6) is -3.30. The van der Waals surface area contributed by atoms with Crippen LogP contribution in [0.4, 0.5) is 8.78 Å². The summed E-state index contributed by atoms with van der Waals surface area (Å²) < 4.78 is 38.2. The minimum absolute atomic E-state index is 0.123. The van der Waals surface area contributed by atoms with E-state index in [0.717, 1.165) is 6.08 Å². The van der Waals surface area contributed by atoms with E-state index in [1.807, 2.05) is 0 Å². The lowest BCUT2D eigenvalue weighted by atomic mass is 9.91. The zero-order chi connectivity index (χ0) is 16.4. The quantitative estimate of drug-likeness (QED) is 0.816. The Hall–Kier alpha value is -1.50. The van der Waals surface area contributed by atoms with Crippen molar-refractivity contribution in [1.29, 1.82) is 0 Å². The molecule has 3 rings (SSSR count). The number of hydrogen-bond acceptors (Lipinski definition) is 4. The molecule has 4 nitrogen and oxygen atoms in total. The maximum absolute atomic E-state index is 13.9. The highest BCUT2D eigenvalue weighted by Crippen LogP contribution is 2.43. The van der Waals surface area contributed by atoms with Gasteiger partial charge in [0.25, 0.3) is 5.92 Å². The molecule has 2 N–H and O–H groups in total. The first-order valence-corrected chi connectivity index (χ1v) is 7.71. The summed E-state index contributed by atoms with van der Waals surface area (Å²) >= 11 is 0. The zero-order valence-electron chi connectivity index (χ0n) is 12.5. The first-order valence-electron chi connectivity index (χ1n) is 7.71. The Morgan fingerprint density at radius 1 is 1.22 bits per heavy atom. The maximum atomic E-state index is 13.9. The van der Waals surface area contributed by atoms with Crippen molar-refractivity contribution in [3.8, 4) is 5.75 Å². The molecule has 1 saturated carbocycles. The van der Waals surface area contributed by atoms with Crippen LogP contribution in [0.15, 0.2) is 42.5 Å². The minimum Gasteiger partial charge on any atom is -0.487 e. The second-order valence-corrected chi connectivity index (χ2v) is 6.13. The highest BCUT2D eigenvalue weighted by atomic mass is 19.3. The van der Waals surface area contributed by atoms with Crippen LogP contribution in [-0.2, 0) is 4.74 Å². The number of fused-ring (bicyclic) bond motifs is 1. The van der Waals surface area contributed by atoms with E-state index < -0.39 is 30.8 Å². The first-order chi connectivity index (χ1) is 10.9. The van der Waals surface area contributed by atoms with Gasteiger partial charge in [0.15, 0.2) is 12.9 Å². The Morgan fingerprint density at radius 2 is 1.96 bits per heavy atom. The molecule has 23 heavy (non-hydrogen) atoms. The summed E-state index contributed by atoms with van der Waals surface area (Å²) in [6, 6.07) is 8.43. The van der Waals surface area contributed by atoms with Crippen LogP contribution in [0.5, 0.6) is 5.75 Å². The monoisotopic (exact) mass is 326 g/mol. The fourth-order valence-corrected chi connectivity index (χ4v) is 3.33. The molecule has 0 amide bonds. The molecule has 6 heteroatoms. The van der Waals surface area contributed by atoms with E-state index in [-0.39, 0.29) is 12.0 Å². The summed E-state index contributed by atoms with van der Waals surface area (Å²) in [4.78, 5) is 0. The van der Waals surface area contributed by atoms with Gasteiger partial charge in [-0.3, -0.25) is 0 Å². The van der Waals surface area contributed by atoms with Gasteiger partial charge in [-0.15, -0.1) is 0 Å². The van der Waals surface area contributed by atoms with E-state index in [2.05, 4.69) is 0 Å². The average Bonchev–Trinajstić information content (AvgIpc) is 2.99. The maximum Gasteiger partial charge on any atom is 0.299 e. The molecular formula is C17H20F2O4. The topological polar surface area (TPSA) is 58.9 Å². The lowest BCUT2D eigenvalue weighted by Crippen LogP contribution is -2.25. The molecule has 1 saturated heterocycles. The van der Waals surface area contributed by atoms with Crippen LogP contribution >= 0.6 is 0 Å². The van der Waals surface area contributed by atoms with Crippen molar-refractivity contribution >= 4 is 0 Å². The molecular weight excluding hydrogens is 306 g/mol. The first kappa shape index (κ1) is 16.4. The van der Waals surface area contributed by atoms with Crippen molar-refractivity contribution in [2.75, 3.05) is 6.61 Å². The van der Waals surface area contributed by atoms with Gasteiger partial charge in [-0.05, 0) is 24.1 Å². The lowest BCUT2D eigenvalue weighted by molar-refractivity contribution is -0.0949. The number of para-hydroxylation sites is 1. The highest BCUT2D eigenvalue weighted by Gasteiger charge is 2.48. The average molecular weight is 326 g/mol. The number of aliphatic hydroxyl groups excluding tert-OH is 2. The molecule has 126 valence electrons. The molecule has 0 radical (unpaired) electrons. The van der Waals surface area contributed by atoms with Crippen molar-refractivity contribution in [3.05, 3.63) is 42.5 Å². The Kier molecular flexibility index (Phi) is 4.66. The summed E-state index contributed by atoms with van der Waals surface area (Å²) in [7, 11) is 0. The van der Waals surface area contributed by atoms with Crippen molar-refractivity contribution in [2.24, 2.45) is 11.8 Å². The van der Waals surface area contributed by atoms with Crippen molar-refractivity contribution in [1.82, 2.24) is 0 Å². The van der Waals surface area contributed by atoms with E-state index in [1.165, 1.54) is 6.08 Å². The number of benzene rings is 1. The van der Waals surface area contributed by atoms with Crippen LogP contribution in [0, 0.1) is 11.8 Å². The summed E-state index contributed by atoms with van der Waals surface area (Å²) in [5, 5.41) is 19.5. The van der Waals surface area contributed by atoms with Gasteiger partial charge in [-0.1, -0.05) is 24.3 Å². The molecule has 1 unspecified atom stereocenters. The third kappa shape index (κ3) is 3.88. The van der Waals surface area contributed by atoms with Crippen molar-refractivity contribution in [2.45, 2.75) is 37.3 Å². The predicted octanol–water partition coefficient (Wildman–Crippen LogP) is 2.36. The van der Waals surface area contributed by atoms with Gasteiger partial charge in [-0.25, -0.2) is 0 Å². The third-order valence-electron chi connectivity index (χ3n) is 4.43. The van der Waals surface area contributed by atoms with E-state index in [9.17, 15) is 19.0 Å². The molecule has 0 aromatic heterocycles. The molecule has 5 atom stereocenters. The zero-order valence-corrected chi connectivity index (χ0v) is 12.5. The lowest BCUT2D eigenvalue weighted by Gasteiger charge is -2.18. The van der Waals surface area contributed by atoms with Gasteiger partial charge in [0.1, 0.15) is 5.75 Å². The molecule has 1 aromatic carbocycles. The Balaban J connectivity index is 1.59. The fourth-order valence-electron chi connectivity index (χ4n) is 3.33. The smallest absolute Gasteiger partial charge is 0.299 e. The minimum atomic E-state index is -3.13. The Bertz CT molecular complexity index is 549. The van der Waals surface area contributed by atoms with Crippen LogP contribution < -0.4 is 4.74 Å². The van der Waals surface area contributed by atoms with Gasteiger partial charge >= 0.3 is 0 Å². The molecule has 0 bridgehead atoms. The third-order valence-corrected chi connectivity index (χ3v) is 4.43. The molecule has 1 aliphatic heterocycles. The number of rotatable bonds is 5.